The zero-order valence-electron chi connectivity index (χ0n) is 24.5. The van der Waals surface area contributed by atoms with Gasteiger partial charge in [0.1, 0.15) is 0 Å². The minimum Gasteiger partial charge on any atom is -0.256 e. The third kappa shape index (κ3) is 4.95. The first kappa shape index (κ1) is 26.4. The van der Waals surface area contributed by atoms with Gasteiger partial charge in [-0.05, 0) is 99.3 Å². The van der Waals surface area contributed by atoms with Gasteiger partial charge in [-0.2, -0.15) is 0 Å². The lowest BCUT2D eigenvalue weighted by Gasteiger charge is -2.20. The van der Waals surface area contributed by atoms with Crippen molar-refractivity contribution in [2.75, 3.05) is 0 Å². The predicted molar refractivity (Wildman–Crippen MR) is 173 cm³/mol. The molecule has 40 heavy (non-hydrogen) atoms. The Hall–Kier alpha value is -3.82. The summed E-state index contributed by atoms with van der Waals surface area (Å²) in [6.45, 7) is 15.7. The third-order valence-corrected chi connectivity index (χ3v) is 8.77. The molecule has 0 N–H and O–H groups in total. The molecule has 3 aromatic carbocycles. The molecule has 3 heterocycles. The molecular weight excluding hydrogens is 504 g/mol. The van der Waals surface area contributed by atoms with Crippen LogP contribution in [0.25, 0.3) is 54.5 Å². The summed E-state index contributed by atoms with van der Waals surface area (Å²) in [7, 11) is 0. The fraction of sp³-hybridized carbons (Fsp3) is 0.243. The van der Waals surface area contributed by atoms with Gasteiger partial charge in [0, 0.05) is 38.5 Å². The van der Waals surface area contributed by atoms with Crippen LogP contribution < -0.4 is 0 Å². The quantitative estimate of drug-likeness (QED) is 0.223. The van der Waals surface area contributed by atoms with E-state index in [-0.39, 0.29) is 10.8 Å². The Morgan fingerprint density at radius 2 is 1.25 bits per heavy atom. The van der Waals surface area contributed by atoms with Crippen molar-refractivity contribution >= 4 is 32.2 Å². The molecule has 0 aliphatic rings. The molecule has 0 saturated heterocycles. The van der Waals surface area contributed by atoms with Gasteiger partial charge in [-0.1, -0.05) is 71.9 Å². The molecule has 0 amide bonds. The van der Waals surface area contributed by atoms with Crippen molar-refractivity contribution in [3.8, 4) is 33.6 Å². The molecule has 200 valence electrons. The molecule has 0 spiro atoms. The largest absolute Gasteiger partial charge is 0.256 e. The van der Waals surface area contributed by atoms with Crippen LogP contribution >= 0.6 is 11.3 Å². The normalized spacial score (nSPS) is 12.4. The van der Waals surface area contributed by atoms with Crippen LogP contribution in [-0.2, 0) is 10.8 Å². The number of fused-ring (bicyclic) bond motifs is 2. The van der Waals surface area contributed by atoms with Gasteiger partial charge in [0.2, 0.25) is 0 Å². The van der Waals surface area contributed by atoms with Crippen molar-refractivity contribution < 1.29 is 0 Å². The van der Waals surface area contributed by atoms with Crippen LogP contribution in [0.4, 0.5) is 0 Å². The highest BCUT2D eigenvalue weighted by molar-refractivity contribution is 7.19. The lowest BCUT2D eigenvalue weighted by Crippen LogP contribution is -2.11. The average Bonchev–Trinajstić information content (AvgIpc) is 3.31. The molecule has 0 radical (unpaired) electrons. The van der Waals surface area contributed by atoms with Gasteiger partial charge in [-0.25, -0.2) is 0 Å². The molecule has 3 heteroatoms. The third-order valence-electron chi connectivity index (χ3n) is 7.78. The van der Waals surface area contributed by atoms with Gasteiger partial charge in [0.15, 0.2) is 0 Å². The van der Waals surface area contributed by atoms with Crippen molar-refractivity contribution in [3.63, 3.8) is 0 Å². The summed E-state index contributed by atoms with van der Waals surface area (Å²) in [5.41, 5.74) is 9.53. The molecular formula is C37H36N2S. The molecule has 0 atom stereocenters. The van der Waals surface area contributed by atoms with Crippen LogP contribution in [0.3, 0.4) is 0 Å². The summed E-state index contributed by atoms with van der Waals surface area (Å²) >= 11 is 1.85. The average molecular weight is 541 g/mol. The van der Waals surface area contributed by atoms with E-state index in [4.69, 9.17) is 9.97 Å². The van der Waals surface area contributed by atoms with Gasteiger partial charge in [-0.15, -0.1) is 11.3 Å². The molecule has 6 aromatic rings. The number of nitrogens with zero attached hydrogens (tertiary/aromatic N) is 2. The first-order chi connectivity index (χ1) is 19.0. The maximum absolute atomic E-state index is 4.86. The Morgan fingerprint density at radius 1 is 0.575 bits per heavy atom. The minimum absolute atomic E-state index is 0.0589. The molecule has 3 aromatic heterocycles. The Kier molecular flexibility index (Phi) is 6.39. The van der Waals surface area contributed by atoms with Gasteiger partial charge < -0.3 is 0 Å². The molecule has 0 bridgehead atoms. The number of aryl methyl sites for hydroxylation is 1. The Labute approximate surface area is 241 Å². The molecule has 0 aliphatic heterocycles. The van der Waals surface area contributed by atoms with Crippen LogP contribution in [0.1, 0.15) is 57.5 Å². The summed E-state index contributed by atoms with van der Waals surface area (Å²) in [6.07, 6.45) is 3.89. The van der Waals surface area contributed by atoms with Crippen LogP contribution in [0.15, 0.2) is 91.3 Å². The standard InChI is InChI=1S/C37H36N2S/c1-23-17-32-31(34-22-28(14-16-39-34)37(5,6)7)19-26(20-35(32)40-23)29-10-8-9-24-11-12-25(18-30(24)29)33-21-27(13-15-38-33)36(2,3)4/h8-22H,1-7H3. The number of benzene rings is 3. The number of pyridine rings is 2. The van der Waals surface area contributed by atoms with Gasteiger partial charge in [-0.3, -0.25) is 9.97 Å². The second-order valence-electron chi connectivity index (χ2n) is 12.9. The SMILES string of the molecule is Cc1cc2c(-c3cc(C(C)(C)C)ccn3)cc(-c3cccc4ccc(-c5cc(C(C)(C)C)ccn5)cc34)cc2s1. The summed E-state index contributed by atoms with van der Waals surface area (Å²) in [5, 5.41) is 3.73. The monoisotopic (exact) mass is 540 g/mol. The van der Waals surface area contributed by atoms with E-state index in [1.54, 1.807) is 0 Å². The van der Waals surface area contributed by atoms with E-state index in [2.05, 4.69) is 127 Å². The first-order valence-electron chi connectivity index (χ1n) is 14.0. The van der Waals surface area contributed by atoms with E-state index >= 15 is 0 Å². The van der Waals surface area contributed by atoms with Crippen molar-refractivity contribution in [2.45, 2.75) is 59.3 Å². The van der Waals surface area contributed by atoms with Crippen molar-refractivity contribution in [1.82, 2.24) is 9.97 Å². The van der Waals surface area contributed by atoms with Crippen molar-refractivity contribution in [2.24, 2.45) is 0 Å². The van der Waals surface area contributed by atoms with E-state index in [0.717, 1.165) is 17.0 Å². The zero-order chi connectivity index (χ0) is 28.2. The predicted octanol–water partition coefficient (Wildman–Crippen LogP) is 10.7. The molecule has 0 saturated carbocycles. The number of hydrogen-bond donors (Lipinski definition) is 0. The number of aromatic nitrogens is 2. The lowest BCUT2D eigenvalue weighted by molar-refractivity contribution is 0.589. The number of thiophene rings is 1. The fourth-order valence-corrected chi connectivity index (χ4v) is 6.40. The van der Waals surface area contributed by atoms with E-state index in [0.29, 0.717) is 0 Å². The molecule has 0 fully saturated rings. The second-order valence-corrected chi connectivity index (χ2v) is 14.2. The molecule has 0 unspecified atom stereocenters. The van der Waals surface area contributed by atoms with Crippen LogP contribution in [0, 0.1) is 6.92 Å². The number of hydrogen-bond acceptors (Lipinski definition) is 3. The maximum atomic E-state index is 4.86. The summed E-state index contributed by atoms with van der Waals surface area (Å²) in [6, 6.07) is 29.1. The van der Waals surface area contributed by atoms with Crippen LogP contribution in [0.5, 0.6) is 0 Å². The molecule has 2 nitrogen and oxygen atoms in total. The minimum atomic E-state index is 0.0589. The molecule has 6 rings (SSSR count). The van der Waals surface area contributed by atoms with Gasteiger partial charge >= 0.3 is 0 Å². The van der Waals surface area contributed by atoms with Crippen LogP contribution in [-0.4, -0.2) is 9.97 Å². The Morgan fingerprint density at radius 3 is 1.95 bits per heavy atom. The highest BCUT2D eigenvalue weighted by atomic mass is 32.1. The second kappa shape index (κ2) is 9.67. The van der Waals surface area contributed by atoms with E-state index in [1.165, 1.54) is 53.6 Å². The van der Waals surface area contributed by atoms with Crippen molar-refractivity contribution in [3.05, 3.63) is 107 Å². The van der Waals surface area contributed by atoms with Gasteiger partial charge in [0.05, 0.1) is 11.4 Å². The highest BCUT2D eigenvalue weighted by Crippen LogP contribution is 2.41. The van der Waals surface area contributed by atoms with Crippen LogP contribution in [0.2, 0.25) is 0 Å². The Balaban J connectivity index is 1.55. The topological polar surface area (TPSA) is 25.8 Å². The summed E-state index contributed by atoms with van der Waals surface area (Å²) in [4.78, 5) is 10.9. The summed E-state index contributed by atoms with van der Waals surface area (Å²) < 4.78 is 1.29. The van der Waals surface area contributed by atoms with Crippen molar-refractivity contribution in [1.29, 1.82) is 0 Å². The zero-order valence-corrected chi connectivity index (χ0v) is 25.3. The first-order valence-corrected chi connectivity index (χ1v) is 14.8. The van der Waals surface area contributed by atoms with E-state index < -0.39 is 0 Å². The smallest absolute Gasteiger partial charge is 0.0711 e. The number of rotatable bonds is 3. The molecule has 0 aliphatic carbocycles. The Bertz CT molecular complexity index is 1880. The van der Waals surface area contributed by atoms with E-state index in [9.17, 15) is 0 Å². The summed E-state index contributed by atoms with van der Waals surface area (Å²) in [5.74, 6) is 0. The van der Waals surface area contributed by atoms with E-state index in [1.807, 2.05) is 23.7 Å². The maximum Gasteiger partial charge on any atom is 0.0711 e. The fourth-order valence-electron chi connectivity index (χ4n) is 5.42. The lowest BCUT2D eigenvalue weighted by atomic mass is 9.86. The highest BCUT2D eigenvalue weighted by Gasteiger charge is 2.18. The van der Waals surface area contributed by atoms with Gasteiger partial charge in [0.25, 0.3) is 0 Å².